The second-order valence-electron chi connectivity index (χ2n) is 8.18. The van der Waals surface area contributed by atoms with Gasteiger partial charge in [0.1, 0.15) is 12.3 Å². The van der Waals surface area contributed by atoms with E-state index in [1.807, 2.05) is 6.92 Å². The van der Waals surface area contributed by atoms with Gasteiger partial charge in [-0.2, -0.15) is 0 Å². The molecule has 33 heavy (non-hydrogen) atoms. The lowest BCUT2D eigenvalue weighted by Gasteiger charge is -2.26. The SMILES string of the molecule is CCOc1ccccc1N(CC(=O)NCCCN1CCCCCC1)S(=O)(=O)c1ccccc1. The van der Waals surface area contributed by atoms with E-state index in [4.69, 9.17) is 4.74 Å². The van der Waals surface area contributed by atoms with Gasteiger partial charge in [-0.15, -0.1) is 0 Å². The van der Waals surface area contributed by atoms with E-state index in [1.165, 1.54) is 37.8 Å². The number of nitrogens with zero attached hydrogens (tertiary/aromatic N) is 2. The van der Waals surface area contributed by atoms with Gasteiger partial charge in [0, 0.05) is 6.54 Å². The van der Waals surface area contributed by atoms with Gasteiger partial charge in [-0.25, -0.2) is 8.42 Å². The van der Waals surface area contributed by atoms with Crippen molar-refractivity contribution in [2.24, 2.45) is 0 Å². The van der Waals surface area contributed by atoms with Crippen LogP contribution in [0.25, 0.3) is 0 Å². The summed E-state index contributed by atoms with van der Waals surface area (Å²) in [5.41, 5.74) is 0.350. The number of sulfonamides is 1. The van der Waals surface area contributed by atoms with Crippen LogP contribution in [0, 0.1) is 0 Å². The molecule has 0 saturated carbocycles. The summed E-state index contributed by atoms with van der Waals surface area (Å²) < 4.78 is 33.8. The Hall–Kier alpha value is -2.58. The molecular weight excluding hydrogens is 438 g/mol. The van der Waals surface area contributed by atoms with Gasteiger partial charge in [0.15, 0.2) is 0 Å². The summed E-state index contributed by atoms with van der Waals surface area (Å²) in [6.45, 7) is 5.60. The number of nitrogens with one attached hydrogen (secondary N) is 1. The number of rotatable bonds is 11. The predicted molar refractivity (Wildman–Crippen MR) is 131 cm³/mol. The first-order valence-electron chi connectivity index (χ1n) is 11.8. The standard InChI is InChI=1S/C25H35N3O4S/c1-2-32-24-16-9-8-15-23(24)28(33(30,31)22-13-6-5-7-14-22)21-25(29)26-17-12-20-27-18-10-3-4-11-19-27/h5-9,13-16H,2-4,10-12,17-21H2,1H3,(H,26,29). The second-order valence-corrected chi connectivity index (χ2v) is 10.0. The monoisotopic (exact) mass is 473 g/mol. The zero-order valence-electron chi connectivity index (χ0n) is 19.4. The van der Waals surface area contributed by atoms with E-state index >= 15 is 0 Å². The van der Waals surface area contributed by atoms with Crippen LogP contribution in [0.4, 0.5) is 5.69 Å². The Bertz CT molecular complexity index is 974. The van der Waals surface area contributed by atoms with Gasteiger partial charge in [-0.05, 0) is 70.1 Å². The van der Waals surface area contributed by atoms with Crippen LogP contribution < -0.4 is 14.4 Å². The first-order valence-corrected chi connectivity index (χ1v) is 13.2. The Morgan fingerprint density at radius 2 is 1.67 bits per heavy atom. The van der Waals surface area contributed by atoms with E-state index in [1.54, 1.807) is 42.5 Å². The highest BCUT2D eigenvalue weighted by molar-refractivity contribution is 7.92. The molecule has 1 aliphatic rings. The molecule has 1 heterocycles. The topological polar surface area (TPSA) is 79.0 Å². The molecule has 0 radical (unpaired) electrons. The van der Waals surface area contributed by atoms with E-state index in [9.17, 15) is 13.2 Å². The molecule has 1 aliphatic heterocycles. The Kier molecular flexibility index (Phi) is 9.57. The van der Waals surface area contributed by atoms with Crippen molar-refractivity contribution in [2.75, 3.05) is 43.6 Å². The number of ether oxygens (including phenoxy) is 1. The Labute approximate surface area is 197 Å². The minimum atomic E-state index is -3.96. The van der Waals surface area contributed by atoms with Crippen molar-refractivity contribution in [3.8, 4) is 5.75 Å². The van der Waals surface area contributed by atoms with Crippen LogP contribution in [0.5, 0.6) is 5.75 Å². The molecule has 2 aromatic rings. The van der Waals surface area contributed by atoms with Crippen molar-refractivity contribution >= 4 is 21.6 Å². The second kappa shape index (κ2) is 12.6. The van der Waals surface area contributed by atoms with Gasteiger partial charge in [0.2, 0.25) is 5.91 Å². The molecule has 1 saturated heterocycles. The summed E-state index contributed by atoms with van der Waals surface area (Å²) in [4.78, 5) is 15.4. The van der Waals surface area contributed by atoms with Gasteiger partial charge in [-0.3, -0.25) is 9.10 Å². The first kappa shape index (κ1) is 25.1. The lowest BCUT2D eigenvalue weighted by atomic mass is 10.2. The number of carbonyl (C=O) groups is 1. The van der Waals surface area contributed by atoms with E-state index in [2.05, 4.69) is 10.2 Å². The maximum atomic E-state index is 13.5. The highest BCUT2D eigenvalue weighted by Crippen LogP contribution is 2.32. The molecule has 0 aliphatic carbocycles. The molecule has 3 rings (SSSR count). The van der Waals surface area contributed by atoms with Crippen LogP contribution in [0.2, 0.25) is 0 Å². The molecule has 180 valence electrons. The van der Waals surface area contributed by atoms with E-state index in [0.29, 0.717) is 24.6 Å². The van der Waals surface area contributed by atoms with E-state index in [0.717, 1.165) is 30.4 Å². The number of hydrogen-bond donors (Lipinski definition) is 1. The summed E-state index contributed by atoms with van der Waals surface area (Å²) in [6.07, 6.45) is 5.90. The summed E-state index contributed by atoms with van der Waals surface area (Å²) in [5, 5.41) is 2.90. The van der Waals surface area contributed by atoms with Gasteiger partial charge >= 0.3 is 0 Å². The quantitative estimate of drug-likeness (QED) is 0.504. The van der Waals surface area contributed by atoms with Crippen LogP contribution in [-0.2, 0) is 14.8 Å². The fraction of sp³-hybridized carbons (Fsp3) is 0.480. The third-order valence-corrected chi connectivity index (χ3v) is 7.50. The van der Waals surface area contributed by atoms with E-state index in [-0.39, 0.29) is 17.3 Å². The minimum Gasteiger partial charge on any atom is -0.492 e. The summed E-state index contributed by atoms with van der Waals surface area (Å²) >= 11 is 0. The van der Waals surface area contributed by atoms with Crippen LogP contribution in [0.1, 0.15) is 39.0 Å². The number of benzene rings is 2. The van der Waals surface area contributed by atoms with Gasteiger partial charge < -0.3 is 15.0 Å². The maximum absolute atomic E-state index is 13.5. The van der Waals surface area contributed by atoms with Crippen LogP contribution >= 0.6 is 0 Å². The third kappa shape index (κ3) is 7.20. The third-order valence-electron chi connectivity index (χ3n) is 5.72. The van der Waals surface area contributed by atoms with Crippen molar-refractivity contribution in [1.29, 1.82) is 0 Å². The number of hydrogen-bond acceptors (Lipinski definition) is 5. The normalized spacial score (nSPS) is 14.9. The van der Waals surface area contributed by atoms with Crippen molar-refractivity contribution < 1.29 is 17.9 Å². The van der Waals surface area contributed by atoms with Crippen molar-refractivity contribution in [3.63, 3.8) is 0 Å². The molecule has 2 aromatic carbocycles. The number of likely N-dealkylation sites (tertiary alicyclic amines) is 1. The molecule has 0 aromatic heterocycles. The number of carbonyl (C=O) groups excluding carboxylic acids is 1. The molecule has 1 N–H and O–H groups in total. The zero-order valence-corrected chi connectivity index (χ0v) is 20.2. The summed E-state index contributed by atoms with van der Waals surface area (Å²) in [5.74, 6) is 0.0881. The molecule has 0 spiro atoms. The van der Waals surface area contributed by atoms with E-state index < -0.39 is 10.0 Å². The van der Waals surface area contributed by atoms with Gasteiger partial charge in [-0.1, -0.05) is 43.2 Å². The molecule has 8 heteroatoms. The zero-order chi connectivity index (χ0) is 23.5. The van der Waals surface area contributed by atoms with Crippen molar-refractivity contribution in [3.05, 3.63) is 54.6 Å². The Morgan fingerprint density at radius 3 is 2.36 bits per heavy atom. The van der Waals surface area contributed by atoms with Crippen LogP contribution in [-0.4, -0.2) is 58.6 Å². The molecule has 7 nitrogen and oxygen atoms in total. The fourth-order valence-corrected chi connectivity index (χ4v) is 5.49. The number of para-hydroxylation sites is 2. The first-order chi connectivity index (χ1) is 16.0. The van der Waals surface area contributed by atoms with Crippen molar-refractivity contribution in [1.82, 2.24) is 10.2 Å². The lowest BCUT2D eigenvalue weighted by molar-refractivity contribution is -0.119. The fourth-order valence-electron chi connectivity index (χ4n) is 4.04. The molecular formula is C25H35N3O4S. The summed E-state index contributed by atoms with van der Waals surface area (Å²) in [7, 11) is -3.96. The molecule has 1 amide bonds. The average Bonchev–Trinajstić information content (AvgIpc) is 3.10. The molecule has 0 unspecified atom stereocenters. The molecule has 0 bridgehead atoms. The van der Waals surface area contributed by atoms with Gasteiger partial charge in [0.05, 0.1) is 17.2 Å². The van der Waals surface area contributed by atoms with Crippen LogP contribution in [0.3, 0.4) is 0 Å². The number of anilines is 1. The predicted octanol–water partition coefficient (Wildman–Crippen LogP) is 3.66. The lowest BCUT2D eigenvalue weighted by Crippen LogP contribution is -2.41. The Morgan fingerprint density at radius 1 is 1.00 bits per heavy atom. The highest BCUT2D eigenvalue weighted by atomic mass is 32.2. The number of amides is 1. The summed E-state index contributed by atoms with van der Waals surface area (Å²) in [6, 6.07) is 15.1. The molecule has 1 fully saturated rings. The Balaban J connectivity index is 1.70. The van der Waals surface area contributed by atoms with Crippen LogP contribution in [0.15, 0.2) is 59.5 Å². The highest BCUT2D eigenvalue weighted by Gasteiger charge is 2.29. The minimum absolute atomic E-state index is 0.130. The average molecular weight is 474 g/mol. The largest absolute Gasteiger partial charge is 0.492 e. The smallest absolute Gasteiger partial charge is 0.264 e. The van der Waals surface area contributed by atoms with Gasteiger partial charge in [0.25, 0.3) is 10.0 Å². The molecule has 0 atom stereocenters. The maximum Gasteiger partial charge on any atom is 0.264 e. The van der Waals surface area contributed by atoms with Crippen molar-refractivity contribution in [2.45, 2.75) is 43.9 Å².